The van der Waals surface area contributed by atoms with Crippen LogP contribution in [0.5, 0.6) is 0 Å². The third-order valence-electron chi connectivity index (χ3n) is 10.6. The molecule has 1 heterocycles. The Morgan fingerprint density at radius 3 is 1.86 bits per heavy atom. The van der Waals surface area contributed by atoms with Gasteiger partial charge < -0.3 is 37.5 Å². The number of imide groups is 1. The van der Waals surface area contributed by atoms with Crippen LogP contribution in [0.1, 0.15) is 111 Å². The number of amides is 3. The molecule has 3 rings (SSSR count). The van der Waals surface area contributed by atoms with Gasteiger partial charge in [0.25, 0.3) is 26.2 Å². The molecule has 0 radical (unpaired) electrons. The molecule has 0 saturated heterocycles. The lowest BCUT2D eigenvalue weighted by atomic mass is 9.90. The highest BCUT2D eigenvalue weighted by atomic mass is 31.2. The zero-order valence-electron chi connectivity index (χ0n) is 39.2. The van der Waals surface area contributed by atoms with E-state index in [4.69, 9.17) is 33.9 Å². The zero-order valence-corrected chi connectivity index (χ0v) is 41.1. The molecule has 0 aromatic heterocycles. The van der Waals surface area contributed by atoms with Gasteiger partial charge in [-0.2, -0.15) is 0 Å². The Kier molecular flexibility index (Phi) is 19.9. The number of esters is 2. The molecule has 1 N–H and O–H groups in total. The Hall–Kier alpha value is -4.47. The number of carbonyl (C=O) groups is 7. The van der Waals surface area contributed by atoms with Gasteiger partial charge in [-0.05, 0) is 109 Å². The van der Waals surface area contributed by atoms with Crippen LogP contribution in [0, 0.1) is 12.0 Å². The second kappa shape index (κ2) is 23.6. The normalized spacial score (nSPS) is 15.4. The van der Waals surface area contributed by atoms with E-state index in [0.29, 0.717) is 0 Å². The van der Waals surface area contributed by atoms with Gasteiger partial charge in [0.15, 0.2) is 11.6 Å². The molecular weight excluding hydrogens is 864 g/mol. The summed E-state index contributed by atoms with van der Waals surface area (Å²) in [4.78, 5) is 96.7. The fourth-order valence-electron chi connectivity index (χ4n) is 7.48. The predicted molar refractivity (Wildman–Crippen MR) is 242 cm³/mol. The van der Waals surface area contributed by atoms with Crippen molar-refractivity contribution in [2.45, 2.75) is 124 Å². The largest absolute Gasteiger partial charge is 0.465 e. The molecule has 1 aliphatic carbocycles. The van der Waals surface area contributed by atoms with Crippen molar-refractivity contribution in [3.8, 4) is 0 Å². The highest BCUT2D eigenvalue weighted by molar-refractivity contribution is 7.44. The fourth-order valence-corrected chi connectivity index (χ4v) is 13.1. The molecule has 3 amide bonds. The summed E-state index contributed by atoms with van der Waals surface area (Å²) >= 11 is 0. The molecule has 1 aliphatic heterocycles. The van der Waals surface area contributed by atoms with Gasteiger partial charge in [0.2, 0.25) is 12.0 Å². The van der Waals surface area contributed by atoms with Gasteiger partial charge >= 0.3 is 20.5 Å². The molecule has 0 spiro atoms. The lowest BCUT2D eigenvalue weighted by molar-refractivity contribution is -0.178. The molecule has 17 nitrogen and oxygen atoms in total. The van der Waals surface area contributed by atoms with Crippen LogP contribution in [0.4, 0.5) is 5.69 Å². The molecular formula is C45H65N4O13PSi. The lowest BCUT2D eigenvalue weighted by Gasteiger charge is -2.45. The standard InChI is InChI=1S/C45H65N4O13PSi/c1-14-57-42(55)45(43(56)58-15-2,27-60-63(59-23-22-46-13)49(29(3)4)30(5)6)28-61-64(31(7)8,32(9)10)62-44(11,12)20-21-47-41(54)34-24-33(40-36(50)16-17-37(40)51)25-35(26-34)48-38(52)18-19-39(48)53/h16-19,24-26,29-32,40H,14-15,20-23,27-28H2,1-12H3,(H,47,54). The maximum atomic E-state index is 14.1. The molecule has 2 aliphatic rings. The van der Waals surface area contributed by atoms with Gasteiger partial charge in [-0.15, -0.1) is 0 Å². The molecule has 352 valence electrons. The van der Waals surface area contributed by atoms with Crippen LogP contribution >= 0.6 is 8.53 Å². The van der Waals surface area contributed by atoms with Crippen molar-refractivity contribution in [1.82, 2.24) is 9.99 Å². The number of nitrogens with one attached hydrogen (secondary N) is 1. The number of ketones is 2. The Balaban J connectivity index is 1.94. The third kappa shape index (κ3) is 13.1. The van der Waals surface area contributed by atoms with Gasteiger partial charge in [0, 0.05) is 36.3 Å². The van der Waals surface area contributed by atoms with E-state index >= 15 is 0 Å². The van der Waals surface area contributed by atoms with Gasteiger partial charge in [-0.3, -0.25) is 33.6 Å². The second-order valence-corrected chi connectivity index (χ2v) is 22.9. The third-order valence-corrected chi connectivity index (χ3v) is 17.3. The van der Waals surface area contributed by atoms with Crippen LogP contribution in [0.15, 0.2) is 42.5 Å². The Morgan fingerprint density at radius 1 is 0.828 bits per heavy atom. The Morgan fingerprint density at radius 2 is 1.38 bits per heavy atom. The molecule has 64 heavy (non-hydrogen) atoms. The minimum Gasteiger partial charge on any atom is -0.465 e. The molecule has 0 bridgehead atoms. The van der Waals surface area contributed by atoms with Crippen molar-refractivity contribution >= 4 is 64.0 Å². The van der Waals surface area contributed by atoms with E-state index < -0.39 is 88.5 Å². The molecule has 1 atom stereocenters. The highest BCUT2D eigenvalue weighted by Crippen LogP contribution is 2.48. The topological polar surface area (TPSA) is 198 Å². The average Bonchev–Trinajstić information content (AvgIpc) is 3.74. The maximum absolute atomic E-state index is 14.1. The summed E-state index contributed by atoms with van der Waals surface area (Å²) in [6, 6.07) is 4.00. The first-order chi connectivity index (χ1) is 30.0. The van der Waals surface area contributed by atoms with E-state index in [-0.39, 0.29) is 79.3 Å². The van der Waals surface area contributed by atoms with E-state index in [0.717, 1.165) is 29.2 Å². The van der Waals surface area contributed by atoms with Crippen LogP contribution in [-0.4, -0.2) is 118 Å². The molecule has 1 aromatic rings. The van der Waals surface area contributed by atoms with E-state index in [2.05, 4.69) is 10.2 Å². The summed E-state index contributed by atoms with van der Waals surface area (Å²) in [5.41, 5.74) is -3.33. The first kappa shape index (κ1) is 53.9. The summed E-state index contributed by atoms with van der Waals surface area (Å²) in [7, 11) is -5.37. The molecule has 0 fully saturated rings. The molecule has 1 unspecified atom stereocenters. The number of ether oxygens (including phenoxy) is 2. The number of allylic oxidation sites excluding steroid dienone is 2. The van der Waals surface area contributed by atoms with Crippen molar-refractivity contribution in [3.05, 3.63) is 65.0 Å². The number of hydrogen-bond acceptors (Lipinski definition) is 14. The van der Waals surface area contributed by atoms with Gasteiger partial charge in [-0.1, -0.05) is 27.7 Å². The van der Waals surface area contributed by atoms with Crippen LogP contribution in [0.2, 0.25) is 11.1 Å². The quantitative estimate of drug-likeness (QED) is 0.0201. The summed E-state index contributed by atoms with van der Waals surface area (Å²) in [6.45, 7) is 28.9. The van der Waals surface area contributed by atoms with Crippen molar-refractivity contribution < 1.29 is 60.9 Å². The lowest BCUT2D eigenvalue weighted by Crippen LogP contribution is -2.58. The second-order valence-electron chi connectivity index (χ2n) is 17.2. The van der Waals surface area contributed by atoms with E-state index in [1.807, 2.05) is 73.9 Å². The molecule has 19 heteroatoms. The first-order valence-corrected chi connectivity index (χ1v) is 24.7. The van der Waals surface area contributed by atoms with E-state index in [1.165, 1.54) is 18.2 Å². The summed E-state index contributed by atoms with van der Waals surface area (Å²) < 4.78 is 39.4. The minimum absolute atomic E-state index is 0.0181. The van der Waals surface area contributed by atoms with Crippen LogP contribution in [0.25, 0.3) is 4.85 Å². The smallest absolute Gasteiger partial charge is 0.343 e. The predicted octanol–water partition coefficient (Wildman–Crippen LogP) is 6.51. The van der Waals surface area contributed by atoms with Gasteiger partial charge in [0.1, 0.15) is 12.5 Å². The molecule has 0 saturated carbocycles. The monoisotopic (exact) mass is 928 g/mol. The zero-order chi connectivity index (χ0) is 48.2. The van der Waals surface area contributed by atoms with Crippen molar-refractivity contribution in [1.29, 1.82) is 0 Å². The van der Waals surface area contributed by atoms with E-state index in [1.54, 1.807) is 13.8 Å². The number of anilines is 1. The fraction of sp³-hybridized carbons (Fsp3) is 0.600. The van der Waals surface area contributed by atoms with Crippen molar-refractivity contribution in [2.24, 2.45) is 5.41 Å². The Labute approximate surface area is 379 Å². The van der Waals surface area contributed by atoms with Crippen molar-refractivity contribution in [2.75, 3.05) is 51.0 Å². The number of benzene rings is 1. The van der Waals surface area contributed by atoms with Crippen LogP contribution < -0.4 is 10.2 Å². The van der Waals surface area contributed by atoms with Crippen LogP contribution in [0.3, 0.4) is 0 Å². The maximum Gasteiger partial charge on any atom is 0.343 e. The number of carbonyl (C=O) groups excluding carboxylic acids is 7. The first-order valence-electron chi connectivity index (χ1n) is 21.6. The number of hydrogen-bond donors (Lipinski definition) is 1. The van der Waals surface area contributed by atoms with Crippen LogP contribution in [-0.2, 0) is 56.1 Å². The number of nitrogens with zero attached hydrogens (tertiary/aromatic N) is 3. The molecule has 1 aromatic carbocycles. The van der Waals surface area contributed by atoms with E-state index in [9.17, 15) is 33.6 Å². The average molecular weight is 929 g/mol. The highest BCUT2D eigenvalue weighted by Gasteiger charge is 2.56. The minimum atomic E-state index is -3.48. The summed E-state index contributed by atoms with van der Waals surface area (Å²) in [5, 5.41) is 2.86. The van der Waals surface area contributed by atoms with Gasteiger partial charge in [-0.25, -0.2) is 16.1 Å². The van der Waals surface area contributed by atoms with Crippen molar-refractivity contribution in [3.63, 3.8) is 0 Å². The SMILES string of the molecule is [C-]#[N+]CCOP(OCC(CO[Si](OC(C)(C)CCNC(=O)c1cc(C2C(=O)C=CC2=O)cc(N2C(=O)C=CC2=O)c1)(C(C)C)C(C)C)(C(=O)OCC)C(=O)OCC)N(C(C)C)C(C)C. The van der Waals surface area contributed by atoms with Gasteiger partial charge in [0.05, 0.1) is 37.7 Å². The summed E-state index contributed by atoms with van der Waals surface area (Å²) in [6.07, 6.45) is 4.73. The number of rotatable bonds is 26. The summed E-state index contributed by atoms with van der Waals surface area (Å²) in [5.74, 6) is -5.85. The Bertz CT molecular complexity index is 1860.